The molecule has 1 aromatic carbocycles. The third-order valence-corrected chi connectivity index (χ3v) is 3.61. The van der Waals surface area contributed by atoms with Gasteiger partial charge in [0.2, 0.25) is 0 Å². The monoisotopic (exact) mass is 337 g/mol. The minimum atomic E-state index is -1.07. The summed E-state index contributed by atoms with van der Waals surface area (Å²) in [7, 11) is 1.62. The molecule has 23 heavy (non-hydrogen) atoms. The number of benzene rings is 1. The molecule has 0 saturated heterocycles. The number of ether oxygens (including phenoxy) is 1. The lowest BCUT2D eigenvalue weighted by atomic mass is 10.1. The van der Waals surface area contributed by atoms with Crippen molar-refractivity contribution in [1.82, 2.24) is 15.1 Å². The highest BCUT2D eigenvalue weighted by molar-refractivity contribution is 6.30. The highest BCUT2D eigenvalue weighted by atomic mass is 35.5. The summed E-state index contributed by atoms with van der Waals surface area (Å²) in [6.07, 6.45) is 0.374. The van der Waals surface area contributed by atoms with Crippen molar-refractivity contribution < 1.29 is 19.4 Å². The van der Waals surface area contributed by atoms with E-state index in [-0.39, 0.29) is 18.2 Å². The Bertz CT molecular complexity index is 687. The quantitative estimate of drug-likeness (QED) is 0.844. The minimum absolute atomic E-state index is 0.0905. The molecule has 0 saturated carbocycles. The maximum absolute atomic E-state index is 11.9. The van der Waals surface area contributed by atoms with E-state index in [2.05, 4.69) is 10.4 Å². The van der Waals surface area contributed by atoms with Gasteiger partial charge in [-0.25, -0.2) is 4.79 Å². The molecule has 122 valence electrons. The van der Waals surface area contributed by atoms with Crippen LogP contribution in [0.15, 0.2) is 36.5 Å². The predicted octanol–water partition coefficient (Wildman–Crippen LogP) is 2.52. The zero-order valence-corrected chi connectivity index (χ0v) is 13.2. The number of rotatable bonds is 6. The number of hydrogen-bond donors (Lipinski definition) is 2. The Kier molecular flexibility index (Phi) is 5.59. The summed E-state index contributed by atoms with van der Waals surface area (Å²) >= 11 is 6.06. The van der Waals surface area contributed by atoms with Gasteiger partial charge in [0, 0.05) is 12.6 Å². The number of halogens is 1. The highest BCUT2D eigenvalue weighted by Crippen LogP contribution is 2.24. The summed E-state index contributed by atoms with van der Waals surface area (Å²) in [6.45, 7) is 0.0905. The third kappa shape index (κ3) is 4.72. The largest absolute Gasteiger partial charge is 0.481 e. The van der Waals surface area contributed by atoms with Gasteiger partial charge in [0.15, 0.2) is 0 Å². The maximum Gasteiger partial charge on any atom is 0.407 e. The zero-order chi connectivity index (χ0) is 16.8. The highest BCUT2D eigenvalue weighted by Gasteiger charge is 2.23. The van der Waals surface area contributed by atoms with Crippen molar-refractivity contribution in [2.75, 3.05) is 0 Å². The number of alkyl carbamates (subject to hydrolysis) is 1. The van der Waals surface area contributed by atoms with Crippen molar-refractivity contribution in [2.45, 2.75) is 19.1 Å². The Morgan fingerprint density at radius 3 is 2.65 bits per heavy atom. The second kappa shape index (κ2) is 7.64. The van der Waals surface area contributed by atoms with Crippen LogP contribution in [0.25, 0.3) is 0 Å². The van der Waals surface area contributed by atoms with Gasteiger partial charge in [-0.05, 0) is 5.56 Å². The maximum atomic E-state index is 11.9. The first-order chi connectivity index (χ1) is 11.0. The molecule has 0 aliphatic rings. The fourth-order valence-electron chi connectivity index (χ4n) is 1.99. The van der Waals surface area contributed by atoms with Gasteiger partial charge in [0.25, 0.3) is 0 Å². The molecule has 0 bridgehead atoms. The van der Waals surface area contributed by atoms with Crippen molar-refractivity contribution >= 4 is 23.7 Å². The minimum Gasteiger partial charge on any atom is -0.481 e. The van der Waals surface area contributed by atoms with Gasteiger partial charge in [0.1, 0.15) is 11.8 Å². The van der Waals surface area contributed by atoms with Crippen molar-refractivity contribution in [3.63, 3.8) is 0 Å². The molecule has 1 aromatic heterocycles. The Morgan fingerprint density at radius 1 is 1.39 bits per heavy atom. The lowest BCUT2D eigenvalue weighted by Gasteiger charge is -2.16. The number of hydrogen-bond acceptors (Lipinski definition) is 4. The predicted molar refractivity (Wildman–Crippen MR) is 83.0 cm³/mol. The first-order valence-electron chi connectivity index (χ1n) is 6.83. The SMILES string of the molecule is Cn1ncc([C@@H](CC(=O)O)NC(=O)OCc2ccccc2)c1Cl. The van der Waals surface area contributed by atoms with Crippen LogP contribution in [0.5, 0.6) is 0 Å². The number of aryl methyl sites for hydroxylation is 1. The summed E-state index contributed by atoms with van der Waals surface area (Å²) in [4.78, 5) is 22.9. The second-order valence-corrected chi connectivity index (χ2v) is 5.23. The second-order valence-electron chi connectivity index (χ2n) is 4.87. The van der Waals surface area contributed by atoms with Crippen LogP contribution in [0, 0.1) is 0 Å². The van der Waals surface area contributed by atoms with E-state index in [1.165, 1.54) is 10.9 Å². The molecule has 2 aromatic rings. The summed E-state index contributed by atoms with van der Waals surface area (Å²) in [6, 6.07) is 8.34. The average molecular weight is 338 g/mol. The molecule has 1 amide bonds. The molecule has 8 heteroatoms. The van der Waals surface area contributed by atoms with Crippen LogP contribution in [0.1, 0.15) is 23.6 Å². The van der Waals surface area contributed by atoms with Crippen molar-refractivity contribution in [2.24, 2.45) is 7.05 Å². The normalized spacial score (nSPS) is 11.7. The summed E-state index contributed by atoms with van der Waals surface area (Å²) < 4.78 is 6.49. The number of carboxylic acid groups (broad SMARTS) is 1. The molecular formula is C15H16ClN3O4. The molecule has 0 fully saturated rings. The van der Waals surface area contributed by atoms with Crippen LogP contribution in [0.2, 0.25) is 5.15 Å². The molecule has 0 radical (unpaired) electrons. The van der Waals surface area contributed by atoms with Crippen LogP contribution in [-0.4, -0.2) is 26.9 Å². The molecule has 0 unspecified atom stereocenters. The van der Waals surface area contributed by atoms with Crippen LogP contribution >= 0.6 is 11.6 Å². The Morgan fingerprint density at radius 2 is 2.09 bits per heavy atom. The van der Waals surface area contributed by atoms with Gasteiger partial charge >= 0.3 is 12.1 Å². The number of amides is 1. The van der Waals surface area contributed by atoms with Gasteiger partial charge in [-0.3, -0.25) is 9.48 Å². The first kappa shape index (κ1) is 16.8. The molecule has 1 heterocycles. The third-order valence-electron chi connectivity index (χ3n) is 3.15. The van der Waals surface area contributed by atoms with E-state index in [4.69, 9.17) is 21.4 Å². The van der Waals surface area contributed by atoms with Crippen molar-refractivity contribution in [1.29, 1.82) is 0 Å². The van der Waals surface area contributed by atoms with Gasteiger partial charge in [-0.15, -0.1) is 0 Å². The zero-order valence-electron chi connectivity index (χ0n) is 12.4. The van der Waals surface area contributed by atoms with E-state index in [0.29, 0.717) is 5.56 Å². The lowest BCUT2D eigenvalue weighted by Crippen LogP contribution is -2.30. The number of carbonyl (C=O) groups is 2. The van der Waals surface area contributed by atoms with Crippen molar-refractivity contribution in [3.05, 3.63) is 52.8 Å². The number of nitrogens with one attached hydrogen (secondary N) is 1. The molecule has 0 aliphatic heterocycles. The molecule has 0 aliphatic carbocycles. The summed E-state index contributed by atoms with van der Waals surface area (Å²) in [5.74, 6) is -1.07. The molecule has 0 spiro atoms. The Hall–Kier alpha value is -2.54. The van der Waals surface area contributed by atoms with E-state index < -0.39 is 18.1 Å². The van der Waals surface area contributed by atoms with Crippen LogP contribution < -0.4 is 5.32 Å². The van der Waals surface area contributed by atoms with Gasteiger partial charge < -0.3 is 15.2 Å². The molecular weight excluding hydrogens is 322 g/mol. The number of nitrogens with zero attached hydrogens (tertiary/aromatic N) is 2. The summed E-state index contributed by atoms with van der Waals surface area (Å²) in [5, 5.41) is 15.7. The van der Waals surface area contributed by atoms with Crippen LogP contribution in [0.4, 0.5) is 4.79 Å². The number of aromatic nitrogens is 2. The van der Waals surface area contributed by atoms with E-state index in [9.17, 15) is 9.59 Å². The summed E-state index contributed by atoms with van der Waals surface area (Å²) in [5.41, 5.74) is 1.25. The topological polar surface area (TPSA) is 93.5 Å². The number of carbonyl (C=O) groups excluding carboxylic acids is 1. The number of aliphatic carboxylic acids is 1. The average Bonchev–Trinajstić information content (AvgIpc) is 2.85. The van der Waals surface area contributed by atoms with E-state index in [1.54, 1.807) is 7.05 Å². The standard InChI is InChI=1S/C15H16ClN3O4/c1-19-14(16)11(8-17-19)12(7-13(20)21)18-15(22)23-9-10-5-3-2-4-6-10/h2-6,8,12H,7,9H2,1H3,(H,18,22)(H,20,21)/t12-/m1/s1. The van der Waals surface area contributed by atoms with Gasteiger partial charge in [-0.1, -0.05) is 41.9 Å². The smallest absolute Gasteiger partial charge is 0.407 e. The fourth-order valence-corrected chi connectivity index (χ4v) is 2.22. The first-order valence-corrected chi connectivity index (χ1v) is 7.21. The van der Waals surface area contributed by atoms with Gasteiger partial charge in [-0.2, -0.15) is 5.10 Å². The van der Waals surface area contributed by atoms with E-state index in [1.807, 2.05) is 30.3 Å². The van der Waals surface area contributed by atoms with Gasteiger partial charge in [0.05, 0.1) is 18.7 Å². The van der Waals surface area contributed by atoms with Crippen LogP contribution in [0.3, 0.4) is 0 Å². The molecule has 1 atom stereocenters. The fraction of sp³-hybridized carbons (Fsp3) is 0.267. The molecule has 2 N–H and O–H groups in total. The van der Waals surface area contributed by atoms with Crippen molar-refractivity contribution in [3.8, 4) is 0 Å². The van der Waals surface area contributed by atoms with E-state index >= 15 is 0 Å². The number of carboxylic acids is 1. The Labute approximate surface area is 137 Å². The molecule has 2 rings (SSSR count). The Balaban J connectivity index is 2.01. The molecule has 7 nitrogen and oxygen atoms in total. The lowest BCUT2D eigenvalue weighted by molar-refractivity contribution is -0.137. The van der Waals surface area contributed by atoms with Crippen LogP contribution in [-0.2, 0) is 23.2 Å². The van der Waals surface area contributed by atoms with E-state index in [0.717, 1.165) is 5.56 Å².